The molecule has 10 nitrogen and oxygen atoms in total. The maximum Gasteiger partial charge on any atom is 0.187 e. The zero-order valence-electron chi connectivity index (χ0n) is 36.3. The summed E-state index contributed by atoms with van der Waals surface area (Å²) in [6.45, 7) is 2.45. The average molecular weight is 867 g/mol. The average Bonchev–Trinajstić information content (AvgIpc) is 3.68. The van der Waals surface area contributed by atoms with Gasteiger partial charge in [-0.1, -0.05) is 182 Å². The van der Waals surface area contributed by atoms with Crippen molar-refractivity contribution in [3.63, 3.8) is 0 Å². The maximum absolute atomic E-state index is 7.16. The minimum Gasteiger partial charge on any atom is -0.374 e. The fraction of sp³-hybridized carbons (Fsp3) is 0.333. The van der Waals surface area contributed by atoms with Crippen LogP contribution in [0.3, 0.4) is 0 Å². The summed E-state index contributed by atoms with van der Waals surface area (Å²) in [5.41, 5.74) is 6.12. The third-order valence-electron chi connectivity index (χ3n) is 11.3. The first kappa shape index (κ1) is 45.5. The van der Waals surface area contributed by atoms with Crippen molar-refractivity contribution >= 4 is 0 Å². The molecule has 64 heavy (non-hydrogen) atoms. The normalized spacial score (nSPS) is 24.4. The Kier molecular flexibility index (Phi) is 17.3. The van der Waals surface area contributed by atoms with Crippen molar-refractivity contribution in [1.82, 2.24) is 0 Å². The fourth-order valence-corrected chi connectivity index (χ4v) is 8.01. The second-order valence-electron chi connectivity index (χ2n) is 16.0. The van der Waals surface area contributed by atoms with Crippen LogP contribution in [-0.4, -0.2) is 75.6 Å². The first-order valence-corrected chi connectivity index (χ1v) is 22.0. The molecule has 8 rings (SSSR count). The second kappa shape index (κ2) is 24.3. The molecule has 6 aromatic carbocycles. The van der Waals surface area contributed by atoms with Crippen LogP contribution in [0.25, 0.3) is 0 Å². The molecule has 6 aromatic rings. The van der Waals surface area contributed by atoms with Gasteiger partial charge in [0.05, 0.1) is 52.9 Å². The van der Waals surface area contributed by atoms with Gasteiger partial charge in [-0.05, 0) is 33.4 Å². The van der Waals surface area contributed by atoms with Gasteiger partial charge in [-0.3, -0.25) is 0 Å². The highest BCUT2D eigenvalue weighted by Gasteiger charge is 2.54. The lowest BCUT2D eigenvalue weighted by Crippen LogP contribution is -2.62. The third kappa shape index (κ3) is 13.0. The van der Waals surface area contributed by atoms with Crippen LogP contribution in [0.5, 0.6) is 0 Å². The van der Waals surface area contributed by atoms with E-state index in [4.69, 9.17) is 47.4 Å². The van der Waals surface area contributed by atoms with Crippen LogP contribution in [0, 0.1) is 0 Å². The maximum atomic E-state index is 7.16. The van der Waals surface area contributed by atoms with Gasteiger partial charge in [-0.2, -0.15) is 0 Å². The summed E-state index contributed by atoms with van der Waals surface area (Å²) >= 11 is 0. The molecule has 10 heteroatoms. The molecule has 0 spiro atoms. The predicted octanol–water partition coefficient (Wildman–Crippen LogP) is 9.24. The SMILES string of the molecule is CO[C@H]1O[C@H](COCc2ccccc2)[C@@H](OCc2ccccc2)[C@H](OCc2ccccc2)[C@@H]1O[C@@H]1O[C@H](COCc2ccccc2)[C@@H](OCc2ccccc2)[C@@H]1OCc1ccccc1. The summed E-state index contributed by atoms with van der Waals surface area (Å²) in [5, 5.41) is 0. The van der Waals surface area contributed by atoms with E-state index in [0.29, 0.717) is 33.0 Å². The molecule has 0 unspecified atom stereocenters. The largest absolute Gasteiger partial charge is 0.374 e. The molecular formula is C54H58O10. The fourth-order valence-electron chi connectivity index (χ4n) is 8.01. The van der Waals surface area contributed by atoms with E-state index in [9.17, 15) is 0 Å². The van der Waals surface area contributed by atoms with Gasteiger partial charge in [0.25, 0.3) is 0 Å². The molecule has 334 valence electrons. The van der Waals surface area contributed by atoms with Gasteiger partial charge in [0.15, 0.2) is 12.6 Å². The van der Waals surface area contributed by atoms with E-state index in [1.165, 1.54) is 0 Å². The van der Waals surface area contributed by atoms with Crippen molar-refractivity contribution < 1.29 is 47.4 Å². The molecule has 0 N–H and O–H groups in total. The van der Waals surface area contributed by atoms with Gasteiger partial charge in [-0.25, -0.2) is 0 Å². The molecule has 0 aliphatic carbocycles. The molecule has 2 saturated heterocycles. The summed E-state index contributed by atoms with van der Waals surface area (Å²) in [5.74, 6) is 0. The molecule has 9 atom stereocenters. The lowest BCUT2D eigenvalue weighted by Gasteiger charge is -2.46. The van der Waals surface area contributed by atoms with Crippen LogP contribution >= 0.6 is 0 Å². The van der Waals surface area contributed by atoms with Crippen molar-refractivity contribution in [2.45, 2.75) is 94.9 Å². The lowest BCUT2D eigenvalue weighted by atomic mass is 9.97. The number of ether oxygens (including phenoxy) is 10. The first-order chi connectivity index (χ1) is 31.7. The van der Waals surface area contributed by atoms with Crippen LogP contribution in [0.2, 0.25) is 0 Å². The molecule has 0 bridgehead atoms. The van der Waals surface area contributed by atoms with E-state index >= 15 is 0 Å². The zero-order valence-corrected chi connectivity index (χ0v) is 36.3. The van der Waals surface area contributed by atoms with E-state index < -0.39 is 55.3 Å². The Hall–Kier alpha value is -5.08. The van der Waals surface area contributed by atoms with Gasteiger partial charge in [-0.15, -0.1) is 0 Å². The molecular weight excluding hydrogens is 809 g/mol. The topological polar surface area (TPSA) is 92.3 Å². The lowest BCUT2D eigenvalue weighted by molar-refractivity contribution is -0.347. The predicted molar refractivity (Wildman–Crippen MR) is 241 cm³/mol. The third-order valence-corrected chi connectivity index (χ3v) is 11.3. The van der Waals surface area contributed by atoms with Crippen molar-refractivity contribution in [1.29, 1.82) is 0 Å². The zero-order chi connectivity index (χ0) is 43.6. The highest BCUT2D eigenvalue weighted by Crippen LogP contribution is 2.36. The summed E-state index contributed by atoms with van der Waals surface area (Å²) < 4.78 is 67.0. The van der Waals surface area contributed by atoms with Crippen molar-refractivity contribution in [3.05, 3.63) is 215 Å². The Morgan fingerprint density at radius 1 is 0.328 bits per heavy atom. The van der Waals surface area contributed by atoms with Crippen LogP contribution in [-0.2, 0) is 87.0 Å². The molecule has 2 aliphatic rings. The van der Waals surface area contributed by atoms with Gasteiger partial charge < -0.3 is 47.4 Å². The quantitative estimate of drug-likeness (QED) is 0.0621. The molecule has 0 aromatic heterocycles. The monoisotopic (exact) mass is 866 g/mol. The number of benzene rings is 6. The van der Waals surface area contributed by atoms with Crippen LogP contribution in [0.1, 0.15) is 33.4 Å². The number of hydrogen-bond donors (Lipinski definition) is 0. The smallest absolute Gasteiger partial charge is 0.187 e. The van der Waals surface area contributed by atoms with Crippen LogP contribution < -0.4 is 0 Å². The van der Waals surface area contributed by atoms with E-state index in [1.807, 2.05) is 182 Å². The first-order valence-electron chi connectivity index (χ1n) is 22.0. The molecule has 0 saturated carbocycles. The Balaban J connectivity index is 1.10. The number of rotatable bonds is 23. The minimum absolute atomic E-state index is 0.213. The summed E-state index contributed by atoms with van der Waals surface area (Å²) in [6, 6.07) is 60.3. The Bertz CT molecular complexity index is 2170. The van der Waals surface area contributed by atoms with Gasteiger partial charge in [0.1, 0.15) is 42.7 Å². The van der Waals surface area contributed by atoms with E-state index in [-0.39, 0.29) is 19.8 Å². The minimum atomic E-state index is -0.954. The Morgan fingerprint density at radius 2 is 0.625 bits per heavy atom. The highest BCUT2D eigenvalue weighted by atomic mass is 16.8. The van der Waals surface area contributed by atoms with Crippen molar-refractivity contribution in [2.24, 2.45) is 0 Å². The molecule has 2 fully saturated rings. The van der Waals surface area contributed by atoms with Crippen molar-refractivity contribution in [3.8, 4) is 0 Å². The summed E-state index contributed by atoms with van der Waals surface area (Å²) in [7, 11) is 1.60. The second-order valence-corrected chi connectivity index (χ2v) is 16.0. The van der Waals surface area contributed by atoms with E-state index in [2.05, 4.69) is 0 Å². The molecule has 2 aliphatic heterocycles. The van der Waals surface area contributed by atoms with Gasteiger partial charge >= 0.3 is 0 Å². The molecule has 2 heterocycles. The highest BCUT2D eigenvalue weighted by molar-refractivity contribution is 5.18. The Labute approximate surface area is 376 Å². The van der Waals surface area contributed by atoms with E-state index in [1.54, 1.807) is 7.11 Å². The van der Waals surface area contributed by atoms with Gasteiger partial charge in [0, 0.05) is 7.11 Å². The molecule has 0 radical (unpaired) electrons. The summed E-state index contributed by atoms with van der Waals surface area (Å²) in [6.07, 6.45) is -6.51. The molecule has 0 amide bonds. The van der Waals surface area contributed by atoms with Gasteiger partial charge in [0.2, 0.25) is 0 Å². The number of methoxy groups -OCH3 is 1. The summed E-state index contributed by atoms with van der Waals surface area (Å²) in [4.78, 5) is 0. The van der Waals surface area contributed by atoms with Crippen LogP contribution in [0.15, 0.2) is 182 Å². The Morgan fingerprint density at radius 3 is 0.984 bits per heavy atom. The van der Waals surface area contributed by atoms with Crippen LogP contribution in [0.4, 0.5) is 0 Å². The number of hydrogen-bond acceptors (Lipinski definition) is 10. The van der Waals surface area contributed by atoms with E-state index in [0.717, 1.165) is 33.4 Å². The standard InChI is InChI=1S/C54H58O10/c1-55-53-52(50(60-36-44-28-16-6-17-29-44)48(58-34-42-24-12-4-13-25-42)46(62-53)38-56-32-40-20-8-2-9-21-40)64-54-51(61-37-45-30-18-7-19-31-45)49(59-35-43-26-14-5-15-27-43)47(63-54)39-57-33-41-22-10-3-11-23-41/h2-31,46-54H,32-39H2,1H3/t46-,47-,48-,49-,50+,51+,52+,53+,54+/m1/s1. The van der Waals surface area contributed by atoms with Crippen molar-refractivity contribution in [2.75, 3.05) is 20.3 Å².